The Labute approximate surface area is 118 Å². The van der Waals surface area contributed by atoms with Crippen molar-refractivity contribution in [3.05, 3.63) is 53.2 Å². The molecule has 0 aliphatic heterocycles. The lowest BCUT2D eigenvalue weighted by molar-refractivity contribution is 0.0599. The van der Waals surface area contributed by atoms with E-state index in [9.17, 15) is 4.79 Å². The van der Waals surface area contributed by atoms with Crippen molar-refractivity contribution in [2.45, 2.75) is 25.7 Å². The molecule has 0 unspecified atom stereocenters. The van der Waals surface area contributed by atoms with Crippen LogP contribution in [0.4, 0.5) is 0 Å². The molecule has 1 aliphatic carbocycles. The van der Waals surface area contributed by atoms with Crippen LogP contribution in [-0.2, 0) is 4.74 Å². The van der Waals surface area contributed by atoms with E-state index >= 15 is 0 Å². The van der Waals surface area contributed by atoms with Gasteiger partial charge in [0.2, 0.25) is 0 Å². The molecule has 1 fully saturated rings. The molecule has 3 heteroatoms. The molecule has 3 rings (SSSR count). The van der Waals surface area contributed by atoms with Gasteiger partial charge in [-0.05, 0) is 48.9 Å². The van der Waals surface area contributed by atoms with Crippen molar-refractivity contribution >= 4 is 5.97 Å². The number of hydrogen-bond donors (Lipinski definition) is 0. The predicted octanol–water partition coefficient (Wildman–Crippen LogP) is 3.72. The molecule has 1 aliphatic rings. The number of nitrogens with zero attached hydrogens (tertiary/aromatic N) is 1. The molecule has 1 heterocycles. The molecule has 0 radical (unpaired) electrons. The first-order valence-electron chi connectivity index (χ1n) is 6.84. The molecule has 1 saturated carbocycles. The Morgan fingerprint density at radius 3 is 2.75 bits per heavy atom. The maximum absolute atomic E-state index is 11.6. The summed E-state index contributed by atoms with van der Waals surface area (Å²) in [5.41, 5.74) is 4.80. The van der Waals surface area contributed by atoms with Gasteiger partial charge < -0.3 is 4.74 Å². The molecule has 1 aromatic heterocycles. The van der Waals surface area contributed by atoms with Gasteiger partial charge in [0, 0.05) is 11.8 Å². The van der Waals surface area contributed by atoms with Crippen LogP contribution in [0.25, 0.3) is 11.3 Å². The quantitative estimate of drug-likeness (QED) is 0.796. The number of aromatic nitrogens is 1. The van der Waals surface area contributed by atoms with Crippen molar-refractivity contribution in [1.82, 2.24) is 4.98 Å². The number of benzene rings is 1. The van der Waals surface area contributed by atoms with Gasteiger partial charge in [-0.3, -0.25) is 4.98 Å². The SMILES string of the molecule is COC(=O)c1cnc(-c2cccc(C3CC3)c2)cc1C. The van der Waals surface area contributed by atoms with Crippen LogP contribution in [0.1, 0.15) is 40.2 Å². The zero-order valence-electron chi connectivity index (χ0n) is 11.7. The zero-order chi connectivity index (χ0) is 14.1. The summed E-state index contributed by atoms with van der Waals surface area (Å²) in [7, 11) is 1.38. The second-order valence-corrected chi connectivity index (χ2v) is 5.28. The summed E-state index contributed by atoms with van der Waals surface area (Å²) in [6, 6.07) is 10.5. The Kier molecular flexibility index (Phi) is 3.26. The number of methoxy groups -OCH3 is 1. The smallest absolute Gasteiger partial charge is 0.339 e. The lowest BCUT2D eigenvalue weighted by Gasteiger charge is -2.07. The van der Waals surface area contributed by atoms with E-state index in [1.165, 1.54) is 25.5 Å². The highest BCUT2D eigenvalue weighted by atomic mass is 16.5. The van der Waals surface area contributed by atoms with Crippen LogP contribution in [0.15, 0.2) is 36.5 Å². The van der Waals surface area contributed by atoms with Gasteiger partial charge >= 0.3 is 5.97 Å². The fourth-order valence-corrected chi connectivity index (χ4v) is 2.41. The third-order valence-electron chi connectivity index (χ3n) is 3.75. The fraction of sp³-hybridized carbons (Fsp3) is 0.294. The van der Waals surface area contributed by atoms with Crippen LogP contribution < -0.4 is 0 Å². The Hall–Kier alpha value is -2.16. The average molecular weight is 267 g/mol. The summed E-state index contributed by atoms with van der Waals surface area (Å²) in [6.45, 7) is 1.90. The lowest BCUT2D eigenvalue weighted by Crippen LogP contribution is -2.04. The molecule has 0 amide bonds. The standard InChI is InChI=1S/C17H17NO2/c1-11-8-16(18-10-15(11)17(19)20-2)14-5-3-4-13(9-14)12-6-7-12/h3-5,8-10,12H,6-7H2,1-2H3. The summed E-state index contributed by atoms with van der Waals surface area (Å²) < 4.78 is 4.74. The maximum Gasteiger partial charge on any atom is 0.339 e. The monoisotopic (exact) mass is 267 g/mol. The highest BCUT2D eigenvalue weighted by Crippen LogP contribution is 2.40. The van der Waals surface area contributed by atoms with Crippen LogP contribution in [0.5, 0.6) is 0 Å². The largest absolute Gasteiger partial charge is 0.465 e. The maximum atomic E-state index is 11.6. The van der Waals surface area contributed by atoms with Crippen LogP contribution in [0, 0.1) is 6.92 Å². The number of pyridine rings is 1. The number of hydrogen-bond acceptors (Lipinski definition) is 3. The second kappa shape index (κ2) is 5.08. The Balaban J connectivity index is 1.96. The van der Waals surface area contributed by atoms with Crippen molar-refractivity contribution in [1.29, 1.82) is 0 Å². The number of carbonyl (C=O) groups is 1. The minimum Gasteiger partial charge on any atom is -0.465 e. The van der Waals surface area contributed by atoms with Crippen molar-refractivity contribution in [3.8, 4) is 11.3 Å². The van der Waals surface area contributed by atoms with Gasteiger partial charge in [-0.1, -0.05) is 18.2 Å². The average Bonchev–Trinajstić information content (AvgIpc) is 3.31. The molecular formula is C17H17NO2. The Morgan fingerprint density at radius 1 is 1.30 bits per heavy atom. The third kappa shape index (κ3) is 2.44. The van der Waals surface area contributed by atoms with Gasteiger partial charge in [-0.2, -0.15) is 0 Å². The van der Waals surface area contributed by atoms with Crippen molar-refractivity contribution in [2.75, 3.05) is 7.11 Å². The van der Waals surface area contributed by atoms with E-state index in [4.69, 9.17) is 4.74 Å². The highest BCUT2D eigenvalue weighted by molar-refractivity contribution is 5.91. The molecule has 3 nitrogen and oxygen atoms in total. The van der Waals surface area contributed by atoms with Gasteiger partial charge in [0.1, 0.15) is 0 Å². The van der Waals surface area contributed by atoms with E-state index < -0.39 is 0 Å². The van der Waals surface area contributed by atoms with E-state index in [0.717, 1.165) is 22.7 Å². The minimum atomic E-state index is -0.340. The first-order chi connectivity index (χ1) is 9.69. The molecule has 0 atom stereocenters. The van der Waals surface area contributed by atoms with E-state index in [0.29, 0.717) is 5.56 Å². The second-order valence-electron chi connectivity index (χ2n) is 5.28. The molecule has 0 spiro atoms. The molecule has 0 bridgehead atoms. The van der Waals surface area contributed by atoms with E-state index in [1.54, 1.807) is 6.20 Å². The van der Waals surface area contributed by atoms with Gasteiger partial charge in [-0.15, -0.1) is 0 Å². The summed E-state index contributed by atoms with van der Waals surface area (Å²) in [6.07, 6.45) is 4.18. The zero-order valence-corrected chi connectivity index (χ0v) is 11.7. The number of carbonyl (C=O) groups excluding carboxylic acids is 1. The molecule has 1 aromatic carbocycles. The molecule has 2 aromatic rings. The molecule has 102 valence electrons. The van der Waals surface area contributed by atoms with Crippen LogP contribution in [-0.4, -0.2) is 18.1 Å². The first kappa shape index (κ1) is 12.9. The van der Waals surface area contributed by atoms with Gasteiger partial charge in [0.15, 0.2) is 0 Å². The summed E-state index contributed by atoms with van der Waals surface area (Å²) in [4.78, 5) is 16.0. The van der Waals surface area contributed by atoms with Crippen molar-refractivity contribution in [2.24, 2.45) is 0 Å². The van der Waals surface area contributed by atoms with E-state index in [2.05, 4.69) is 29.2 Å². The van der Waals surface area contributed by atoms with Gasteiger partial charge in [0.05, 0.1) is 18.4 Å². The topological polar surface area (TPSA) is 39.2 Å². The number of ether oxygens (including phenoxy) is 1. The van der Waals surface area contributed by atoms with Crippen molar-refractivity contribution in [3.63, 3.8) is 0 Å². The van der Waals surface area contributed by atoms with Gasteiger partial charge in [0.25, 0.3) is 0 Å². The summed E-state index contributed by atoms with van der Waals surface area (Å²) in [5, 5.41) is 0. The Bertz CT molecular complexity index is 660. The molecule has 20 heavy (non-hydrogen) atoms. The minimum absolute atomic E-state index is 0.340. The van der Waals surface area contributed by atoms with Crippen LogP contribution >= 0.6 is 0 Å². The highest BCUT2D eigenvalue weighted by Gasteiger charge is 2.23. The van der Waals surface area contributed by atoms with Gasteiger partial charge in [-0.25, -0.2) is 4.79 Å². The molecule has 0 saturated heterocycles. The van der Waals surface area contributed by atoms with E-state index in [-0.39, 0.29) is 5.97 Å². The summed E-state index contributed by atoms with van der Waals surface area (Å²) >= 11 is 0. The van der Waals surface area contributed by atoms with E-state index in [1.807, 2.05) is 13.0 Å². The van der Waals surface area contributed by atoms with Crippen LogP contribution in [0.2, 0.25) is 0 Å². The molecule has 0 N–H and O–H groups in total. The number of aryl methyl sites for hydroxylation is 1. The molecular weight excluding hydrogens is 250 g/mol. The fourth-order valence-electron chi connectivity index (χ4n) is 2.41. The predicted molar refractivity (Wildman–Crippen MR) is 77.7 cm³/mol. The third-order valence-corrected chi connectivity index (χ3v) is 3.75. The normalized spacial score (nSPS) is 14.1. The van der Waals surface area contributed by atoms with Crippen molar-refractivity contribution < 1.29 is 9.53 Å². The Morgan fingerprint density at radius 2 is 2.10 bits per heavy atom. The number of esters is 1. The van der Waals surface area contributed by atoms with Crippen LogP contribution in [0.3, 0.4) is 0 Å². The first-order valence-corrected chi connectivity index (χ1v) is 6.84. The lowest BCUT2D eigenvalue weighted by atomic mass is 10.0. The summed E-state index contributed by atoms with van der Waals surface area (Å²) in [5.74, 6) is 0.388. The number of rotatable bonds is 3.